The molecule has 186 valence electrons. The maximum atomic E-state index is 13.0. The first-order valence-corrected chi connectivity index (χ1v) is 13.1. The first kappa shape index (κ1) is 23.1. The van der Waals surface area contributed by atoms with Crippen LogP contribution >= 0.6 is 0 Å². The zero-order chi connectivity index (χ0) is 24.3. The van der Waals surface area contributed by atoms with Gasteiger partial charge in [-0.3, -0.25) is 9.69 Å². The lowest BCUT2D eigenvalue weighted by Gasteiger charge is -2.26. The maximum Gasteiger partial charge on any atom is 0.256 e. The highest BCUT2D eigenvalue weighted by molar-refractivity contribution is 6.34. The Bertz CT molecular complexity index is 1270. The largest absolute Gasteiger partial charge is 0.461 e. The zero-order valence-electron chi connectivity index (χ0n) is 20.6. The zero-order valence-corrected chi connectivity index (χ0v) is 20.6. The van der Waals surface area contributed by atoms with Crippen molar-refractivity contribution in [3.63, 3.8) is 0 Å². The van der Waals surface area contributed by atoms with Gasteiger partial charge >= 0.3 is 0 Å². The molecule has 0 radical (unpaired) electrons. The molecule has 1 aromatic heterocycles. The summed E-state index contributed by atoms with van der Waals surface area (Å²) in [7, 11) is 0. The molecule has 0 unspecified atom stereocenters. The number of anilines is 2. The first-order valence-electron chi connectivity index (χ1n) is 13.1. The number of ether oxygens (including phenoxy) is 1. The van der Waals surface area contributed by atoms with Crippen molar-refractivity contribution in [2.45, 2.75) is 38.6 Å². The summed E-state index contributed by atoms with van der Waals surface area (Å²) in [5, 5.41) is 6.59. The van der Waals surface area contributed by atoms with Crippen LogP contribution in [0.4, 0.5) is 11.4 Å². The molecule has 3 heterocycles. The molecule has 1 fully saturated rings. The number of morpholine rings is 1. The molecule has 3 aliphatic rings. The number of hydrogen-bond donors (Lipinski definition) is 2. The number of carbonyl (C=O) groups is 1. The Kier molecular flexibility index (Phi) is 6.62. The molecule has 36 heavy (non-hydrogen) atoms. The lowest BCUT2D eigenvalue weighted by Crippen LogP contribution is -2.37. The SMILES string of the molecule is O=C1Nc2ccc(CCN3CCOCC3)cc2C1=Cc1oc2c(c1CNc1ccccc1)CCCC2. The third-order valence-electron chi connectivity index (χ3n) is 7.52. The van der Waals surface area contributed by atoms with Gasteiger partial charge in [-0.25, -0.2) is 0 Å². The smallest absolute Gasteiger partial charge is 0.256 e. The third-order valence-corrected chi connectivity index (χ3v) is 7.52. The van der Waals surface area contributed by atoms with Crippen LogP contribution in [0.2, 0.25) is 0 Å². The van der Waals surface area contributed by atoms with Gasteiger partial charge in [-0.2, -0.15) is 0 Å². The minimum absolute atomic E-state index is 0.0633. The molecule has 1 saturated heterocycles. The van der Waals surface area contributed by atoms with E-state index in [1.807, 2.05) is 30.3 Å². The van der Waals surface area contributed by atoms with Crippen LogP contribution in [-0.2, 0) is 35.3 Å². The monoisotopic (exact) mass is 483 g/mol. The predicted octanol–water partition coefficient (Wildman–Crippen LogP) is 5.14. The number of benzene rings is 2. The molecule has 2 N–H and O–H groups in total. The molecule has 0 atom stereocenters. The molecule has 6 rings (SSSR count). The van der Waals surface area contributed by atoms with Crippen molar-refractivity contribution in [2.75, 3.05) is 43.5 Å². The second-order valence-corrected chi connectivity index (χ2v) is 9.87. The van der Waals surface area contributed by atoms with Crippen molar-refractivity contribution >= 4 is 28.9 Å². The molecule has 2 aliphatic heterocycles. The van der Waals surface area contributed by atoms with Gasteiger partial charge in [0.05, 0.1) is 18.8 Å². The van der Waals surface area contributed by atoms with Crippen LogP contribution in [0.25, 0.3) is 11.6 Å². The minimum Gasteiger partial charge on any atom is -0.461 e. The Balaban J connectivity index is 1.28. The number of furan rings is 1. The summed E-state index contributed by atoms with van der Waals surface area (Å²) in [6.45, 7) is 5.27. The fraction of sp³-hybridized carbons (Fsp3) is 0.367. The lowest BCUT2D eigenvalue weighted by atomic mass is 9.94. The van der Waals surface area contributed by atoms with Crippen LogP contribution in [-0.4, -0.2) is 43.7 Å². The Hall–Kier alpha value is -3.35. The predicted molar refractivity (Wildman–Crippen MR) is 143 cm³/mol. The van der Waals surface area contributed by atoms with Crippen LogP contribution in [0.15, 0.2) is 52.9 Å². The van der Waals surface area contributed by atoms with E-state index in [-0.39, 0.29) is 5.91 Å². The number of amides is 1. The summed E-state index contributed by atoms with van der Waals surface area (Å²) in [5.74, 6) is 1.82. The summed E-state index contributed by atoms with van der Waals surface area (Å²) < 4.78 is 11.9. The molecule has 1 amide bonds. The molecule has 6 heteroatoms. The van der Waals surface area contributed by atoms with Crippen molar-refractivity contribution in [1.82, 2.24) is 4.90 Å². The van der Waals surface area contributed by atoms with E-state index in [4.69, 9.17) is 9.15 Å². The quantitative estimate of drug-likeness (QED) is 0.456. The van der Waals surface area contributed by atoms with Crippen molar-refractivity contribution in [3.05, 3.63) is 82.3 Å². The van der Waals surface area contributed by atoms with E-state index in [1.165, 1.54) is 23.1 Å². The van der Waals surface area contributed by atoms with E-state index in [9.17, 15) is 4.79 Å². The molecular formula is C30H33N3O3. The summed E-state index contributed by atoms with van der Waals surface area (Å²) in [5.41, 5.74) is 7.34. The molecule has 0 bridgehead atoms. The van der Waals surface area contributed by atoms with Crippen LogP contribution in [0.1, 0.15) is 46.6 Å². The molecular weight excluding hydrogens is 450 g/mol. The van der Waals surface area contributed by atoms with Crippen LogP contribution in [0, 0.1) is 0 Å². The minimum atomic E-state index is -0.0633. The number of nitrogens with one attached hydrogen (secondary N) is 2. The molecule has 2 aromatic carbocycles. The Morgan fingerprint density at radius 3 is 2.72 bits per heavy atom. The highest BCUT2D eigenvalue weighted by atomic mass is 16.5. The third kappa shape index (κ3) is 4.84. The number of hydrogen-bond acceptors (Lipinski definition) is 5. The number of rotatable bonds is 7. The Labute approximate surface area is 212 Å². The lowest BCUT2D eigenvalue weighted by molar-refractivity contribution is -0.110. The molecule has 1 aliphatic carbocycles. The van der Waals surface area contributed by atoms with E-state index in [1.54, 1.807) is 0 Å². The maximum absolute atomic E-state index is 13.0. The van der Waals surface area contributed by atoms with E-state index >= 15 is 0 Å². The number of nitrogens with zero attached hydrogens (tertiary/aromatic N) is 1. The van der Waals surface area contributed by atoms with E-state index < -0.39 is 0 Å². The average molecular weight is 484 g/mol. The molecule has 0 saturated carbocycles. The summed E-state index contributed by atoms with van der Waals surface area (Å²) in [6.07, 6.45) is 7.24. The Morgan fingerprint density at radius 2 is 1.86 bits per heavy atom. The highest BCUT2D eigenvalue weighted by Gasteiger charge is 2.27. The van der Waals surface area contributed by atoms with E-state index in [0.717, 1.165) is 87.0 Å². The summed E-state index contributed by atoms with van der Waals surface area (Å²) in [6, 6.07) is 16.6. The van der Waals surface area contributed by atoms with Gasteiger partial charge in [-0.05, 0) is 67.2 Å². The number of aryl methyl sites for hydroxylation is 1. The van der Waals surface area contributed by atoms with Crippen LogP contribution in [0.3, 0.4) is 0 Å². The van der Waals surface area contributed by atoms with Gasteiger partial charge in [-0.15, -0.1) is 0 Å². The molecule has 3 aromatic rings. The summed E-state index contributed by atoms with van der Waals surface area (Å²) >= 11 is 0. The van der Waals surface area contributed by atoms with Crippen molar-refractivity contribution < 1.29 is 13.9 Å². The average Bonchev–Trinajstić information content (AvgIpc) is 3.43. The van der Waals surface area contributed by atoms with Crippen LogP contribution < -0.4 is 10.6 Å². The van der Waals surface area contributed by atoms with Crippen molar-refractivity contribution in [3.8, 4) is 0 Å². The molecule has 6 nitrogen and oxygen atoms in total. The summed E-state index contributed by atoms with van der Waals surface area (Å²) in [4.78, 5) is 15.5. The number of para-hydroxylation sites is 1. The number of carbonyl (C=O) groups excluding carboxylic acids is 1. The molecule has 0 spiro atoms. The van der Waals surface area contributed by atoms with E-state index in [0.29, 0.717) is 12.1 Å². The van der Waals surface area contributed by atoms with Gasteiger partial charge in [0.25, 0.3) is 5.91 Å². The fourth-order valence-electron chi connectivity index (χ4n) is 5.49. The van der Waals surface area contributed by atoms with Gasteiger partial charge in [-0.1, -0.05) is 24.3 Å². The Morgan fingerprint density at radius 1 is 1.03 bits per heavy atom. The number of fused-ring (bicyclic) bond motifs is 2. The van der Waals surface area contributed by atoms with Gasteiger partial charge < -0.3 is 19.8 Å². The standard InChI is InChI=1S/C30H33N3O3/c34-30-25(24-18-21(10-11-27(24)32-30)12-13-33-14-16-35-17-15-33)19-29-26(20-31-22-6-2-1-3-7-22)23-8-4-5-9-28(23)36-29/h1-3,6-7,10-11,18-19,31H,4-5,8-9,12-17,20H2,(H,32,34). The van der Waals surface area contributed by atoms with E-state index in [2.05, 4.69) is 39.8 Å². The first-order chi connectivity index (χ1) is 17.7. The second-order valence-electron chi connectivity index (χ2n) is 9.87. The van der Waals surface area contributed by atoms with Gasteiger partial charge in [0.2, 0.25) is 0 Å². The van der Waals surface area contributed by atoms with Gasteiger partial charge in [0, 0.05) is 55.1 Å². The van der Waals surface area contributed by atoms with Gasteiger partial charge in [0.1, 0.15) is 11.5 Å². The fourth-order valence-corrected chi connectivity index (χ4v) is 5.49. The van der Waals surface area contributed by atoms with Crippen molar-refractivity contribution in [2.24, 2.45) is 0 Å². The highest BCUT2D eigenvalue weighted by Crippen LogP contribution is 2.37. The normalized spacial score (nSPS) is 18.7. The van der Waals surface area contributed by atoms with Gasteiger partial charge in [0.15, 0.2) is 0 Å². The second kappa shape index (κ2) is 10.3. The topological polar surface area (TPSA) is 66.7 Å². The van der Waals surface area contributed by atoms with Crippen LogP contribution in [0.5, 0.6) is 0 Å². The van der Waals surface area contributed by atoms with Crippen molar-refractivity contribution in [1.29, 1.82) is 0 Å².